The second kappa shape index (κ2) is 18.3. The van der Waals surface area contributed by atoms with Gasteiger partial charge in [0.05, 0.1) is 47.4 Å². The minimum absolute atomic E-state index is 0.0472. The molecule has 12 heteroatoms. The number of benzene rings is 2. The highest BCUT2D eigenvalue weighted by Crippen LogP contribution is 2.45. The standard InChI is InChI=1S/C42H51Cl2N5O5/c1-25-18-33(19-26(2)40(25)44)54-16-9-10-30(20-31-11-14-37(53-8)35-21-32(23-50)49(42(31)35)15-17-52-7)34-12-13-36(43)39(38-28(4)47-48(6)29(38)5)41(34)46-27(3)22-45-24-51/h11-14,18,20-21,23-24,27,33,46H,9-10,15-17,19,22H2,1-8H3,(H,45,51)/b30-20+/t27-,33?/m1/s1. The van der Waals surface area contributed by atoms with E-state index in [2.05, 4.69) is 22.8 Å². The molecule has 4 aromatic rings. The predicted octanol–water partition coefficient (Wildman–Crippen LogP) is 8.89. The van der Waals surface area contributed by atoms with Gasteiger partial charge in [-0.15, -0.1) is 0 Å². The summed E-state index contributed by atoms with van der Waals surface area (Å²) in [5.74, 6) is 0.673. The first-order valence-electron chi connectivity index (χ1n) is 18.2. The molecule has 2 N–H and O–H groups in total. The smallest absolute Gasteiger partial charge is 0.207 e. The number of hydrogen-bond donors (Lipinski definition) is 2. The Morgan fingerprint density at radius 1 is 1.07 bits per heavy atom. The molecule has 288 valence electrons. The fourth-order valence-corrected chi connectivity index (χ4v) is 7.72. The summed E-state index contributed by atoms with van der Waals surface area (Å²) in [6, 6.07) is 9.67. The zero-order valence-electron chi connectivity index (χ0n) is 32.4. The van der Waals surface area contributed by atoms with E-state index in [1.165, 1.54) is 0 Å². The van der Waals surface area contributed by atoms with E-state index in [1.807, 2.05) is 81.2 Å². The quantitative estimate of drug-likeness (QED) is 0.0591. The largest absolute Gasteiger partial charge is 0.496 e. The SMILES string of the molecule is COCCn1c(C=O)cc2c(OC)ccc(/C=C(\CCCOC3C=C(C)C(Cl)=C(C)C3)c3ccc(Cl)c(-c4c(C)nn(C)c4C)c3N[C@H](C)CNC=O)c21. The number of hydrogen-bond acceptors (Lipinski definition) is 7. The van der Waals surface area contributed by atoms with Gasteiger partial charge in [-0.1, -0.05) is 40.9 Å². The van der Waals surface area contributed by atoms with Gasteiger partial charge in [-0.05, 0) is 101 Å². The van der Waals surface area contributed by atoms with Gasteiger partial charge in [0.25, 0.3) is 0 Å². The second-order valence-electron chi connectivity index (χ2n) is 13.9. The summed E-state index contributed by atoms with van der Waals surface area (Å²) in [5.41, 5.74) is 10.9. The summed E-state index contributed by atoms with van der Waals surface area (Å²) in [7, 11) is 5.20. The zero-order chi connectivity index (χ0) is 39.1. The number of aromatic nitrogens is 3. The molecule has 0 spiro atoms. The molecule has 2 atom stereocenters. The molecule has 2 aromatic carbocycles. The van der Waals surface area contributed by atoms with Crippen molar-refractivity contribution >= 4 is 64.1 Å². The maximum atomic E-state index is 12.4. The summed E-state index contributed by atoms with van der Waals surface area (Å²) in [5, 5.41) is 13.5. The number of rotatable bonds is 18. The first kappa shape index (κ1) is 40.8. The number of carbonyl (C=O) groups excluding carboxylic acids is 2. The minimum Gasteiger partial charge on any atom is -0.496 e. The van der Waals surface area contributed by atoms with Crippen LogP contribution in [0.15, 0.2) is 52.6 Å². The molecular formula is C42H51Cl2N5O5. The number of aryl methyl sites for hydroxylation is 2. The lowest BCUT2D eigenvalue weighted by Crippen LogP contribution is -2.30. The van der Waals surface area contributed by atoms with Gasteiger partial charge in [-0.25, -0.2) is 0 Å². The highest BCUT2D eigenvalue weighted by Gasteiger charge is 2.25. The molecule has 2 aromatic heterocycles. The molecule has 0 bridgehead atoms. The molecule has 1 amide bonds. The summed E-state index contributed by atoms with van der Waals surface area (Å²) < 4.78 is 21.5. The Bertz CT molecular complexity index is 2110. The van der Waals surface area contributed by atoms with Crippen molar-refractivity contribution in [3.8, 4) is 16.9 Å². The summed E-state index contributed by atoms with van der Waals surface area (Å²) in [6.07, 6.45) is 7.94. The van der Waals surface area contributed by atoms with E-state index in [-0.39, 0.29) is 12.1 Å². The van der Waals surface area contributed by atoms with Crippen molar-refractivity contribution in [3.63, 3.8) is 0 Å². The first-order chi connectivity index (χ1) is 25.9. The van der Waals surface area contributed by atoms with Gasteiger partial charge in [0.15, 0.2) is 6.29 Å². The molecule has 1 aliphatic carbocycles. The van der Waals surface area contributed by atoms with E-state index in [1.54, 1.807) is 14.2 Å². The van der Waals surface area contributed by atoms with Crippen LogP contribution in [0.3, 0.4) is 0 Å². The Kier molecular flexibility index (Phi) is 13.9. The molecule has 0 saturated carbocycles. The normalized spacial score (nSPS) is 15.4. The number of nitrogens with zero attached hydrogens (tertiary/aromatic N) is 3. The average molecular weight is 777 g/mol. The highest BCUT2D eigenvalue weighted by molar-refractivity contribution is 6.34. The number of fused-ring (bicyclic) bond motifs is 1. The molecular weight excluding hydrogens is 725 g/mol. The lowest BCUT2D eigenvalue weighted by atomic mass is 9.91. The lowest BCUT2D eigenvalue weighted by molar-refractivity contribution is -0.109. The molecule has 2 heterocycles. The monoisotopic (exact) mass is 775 g/mol. The van der Waals surface area contributed by atoms with Gasteiger partial charge in [0.1, 0.15) is 5.75 Å². The second-order valence-corrected chi connectivity index (χ2v) is 14.7. The Hall–Kier alpha value is -4.35. The van der Waals surface area contributed by atoms with Crippen molar-refractivity contribution in [3.05, 3.63) is 85.8 Å². The fraction of sp³-hybridized carbons (Fsp3) is 0.405. The van der Waals surface area contributed by atoms with Crippen LogP contribution >= 0.6 is 23.2 Å². The van der Waals surface area contributed by atoms with Crippen LogP contribution in [-0.4, -0.2) is 73.2 Å². The number of halogens is 2. The molecule has 5 rings (SSSR count). The van der Waals surface area contributed by atoms with Crippen molar-refractivity contribution in [2.24, 2.45) is 7.05 Å². The van der Waals surface area contributed by atoms with E-state index in [0.717, 1.165) is 91.1 Å². The van der Waals surface area contributed by atoms with Crippen molar-refractivity contribution in [2.75, 3.05) is 39.3 Å². The molecule has 0 aliphatic heterocycles. The number of aldehydes is 1. The third kappa shape index (κ3) is 8.78. The highest BCUT2D eigenvalue weighted by atomic mass is 35.5. The van der Waals surface area contributed by atoms with Crippen molar-refractivity contribution < 1.29 is 23.8 Å². The molecule has 0 radical (unpaired) electrons. The van der Waals surface area contributed by atoms with E-state index < -0.39 is 0 Å². The number of methoxy groups -OCH3 is 2. The van der Waals surface area contributed by atoms with E-state index in [9.17, 15) is 9.59 Å². The van der Waals surface area contributed by atoms with Gasteiger partial charge in [0, 0.05) is 72.7 Å². The number of nitrogens with one attached hydrogen (secondary N) is 2. The predicted molar refractivity (Wildman–Crippen MR) is 220 cm³/mol. The molecule has 0 fully saturated rings. The van der Waals surface area contributed by atoms with Gasteiger partial charge in [-0.3, -0.25) is 14.3 Å². The Morgan fingerprint density at radius 2 is 1.85 bits per heavy atom. The van der Waals surface area contributed by atoms with Crippen molar-refractivity contribution in [1.82, 2.24) is 19.7 Å². The van der Waals surface area contributed by atoms with Crippen LogP contribution in [0.2, 0.25) is 5.02 Å². The Balaban J connectivity index is 1.70. The van der Waals surface area contributed by atoms with Gasteiger partial charge in [0.2, 0.25) is 6.41 Å². The molecule has 10 nitrogen and oxygen atoms in total. The summed E-state index contributed by atoms with van der Waals surface area (Å²) in [4.78, 5) is 23.7. The van der Waals surface area contributed by atoms with E-state index >= 15 is 0 Å². The topological polar surface area (TPSA) is 109 Å². The van der Waals surface area contributed by atoms with Crippen LogP contribution in [0.25, 0.3) is 33.7 Å². The maximum absolute atomic E-state index is 12.4. The average Bonchev–Trinajstić information content (AvgIpc) is 3.65. The number of anilines is 1. The molecule has 1 unspecified atom stereocenters. The molecule has 1 aliphatic rings. The zero-order valence-corrected chi connectivity index (χ0v) is 34.0. The first-order valence-corrected chi connectivity index (χ1v) is 19.0. The van der Waals surface area contributed by atoms with Crippen LogP contribution < -0.4 is 15.4 Å². The van der Waals surface area contributed by atoms with Gasteiger partial charge >= 0.3 is 0 Å². The summed E-state index contributed by atoms with van der Waals surface area (Å²) in [6.45, 7) is 11.9. The fourth-order valence-electron chi connectivity index (χ4n) is 7.33. The third-order valence-electron chi connectivity index (χ3n) is 10.0. The van der Waals surface area contributed by atoms with E-state index in [0.29, 0.717) is 55.6 Å². The summed E-state index contributed by atoms with van der Waals surface area (Å²) >= 11 is 13.6. The maximum Gasteiger partial charge on any atom is 0.207 e. The molecule has 0 saturated heterocycles. The number of ether oxygens (including phenoxy) is 3. The van der Waals surface area contributed by atoms with Crippen LogP contribution in [0, 0.1) is 13.8 Å². The Labute approximate surface area is 328 Å². The third-order valence-corrected chi connectivity index (χ3v) is 11.0. The Morgan fingerprint density at radius 3 is 2.50 bits per heavy atom. The van der Waals surface area contributed by atoms with Gasteiger partial charge in [-0.2, -0.15) is 5.10 Å². The van der Waals surface area contributed by atoms with Crippen LogP contribution in [-0.2, 0) is 27.9 Å². The van der Waals surface area contributed by atoms with Crippen LogP contribution in [0.4, 0.5) is 5.69 Å². The molecule has 54 heavy (non-hydrogen) atoms. The van der Waals surface area contributed by atoms with Gasteiger partial charge < -0.3 is 29.4 Å². The number of allylic oxidation sites excluding steroid dienone is 3. The van der Waals surface area contributed by atoms with Crippen molar-refractivity contribution in [2.45, 2.75) is 72.6 Å². The van der Waals surface area contributed by atoms with E-state index in [4.69, 9.17) is 42.5 Å². The van der Waals surface area contributed by atoms with Crippen molar-refractivity contribution in [1.29, 1.82) is 0 Å². The van der Waals surface area contributed by atoms with Crippen LogP contribution in [0.1, 0.15) is 73.0 Å². The minimum atomic E-state index is -0.147. The number of amides is 1. The number of carbonyl (C=O) groups is 2. The lowest BCUT2D eigenvalue weighted by Gasteiger charge is -2.24. The van der Waals surface area contributed by atoms with Crippen LogP contribution in [0.5, 0.6) is 5.75 Å².